The molecule has 0 bridgehead atoms. The van der Waals surface area contributed by atoms with Crippen molar-refractivity contribution in [2.75, 3.05) is 0 Å². The first-order valence-corrected chi connectivity index (χ1v) is 3.48. The van der Waals surface area contributed by atoms with Gasteiger partial charge in [0.25, 0.3) is 0 Å². The maximum absolute atomic E-state index is 7.12. The highest BCUT2D eigenvalue weighted by Crippen LogP contribution is 2.06. The van der Waals surface area contributed by atoms with E-state index in [1.54, 1.807) is 0 Å². The Labute approximate surface area is 70.2 Å². The number of benzene rings is 1. The predicted octanol–water partition coefficient (Wildman–Crippen LogP) is -0.200. The van der Waals surface area contributed by atoms with E-state index in [2.05, 4.69) is 10.2 Å². The lowest BCUT2D eigenvalue weighted by Crippen LogP contribution is -1.75. The van der Waals surface area contributed by atoms with Crippen LogP contribution in [0.2, 0.25) is 0 Å². The fraction of sp³-hybridized carbons (Fsp3) is 0. The second-order valence-electron chi connectivity index (χ2n) is 2.10. The van der Waals surface area contributed by atoms with Crippen molar-refractivity contribution in [2.24, 2.45) is 0 Å². The van der Waals surface area contributed by atoms with Crippen molar-refractivity contribution in [3.63, 3.8) is 0 Å². The highest BCUT2D eigenvalue weighted by atomic mass is 16.4. The molecule has 0 amide bonds. The number of nitrogens with one attached hydrogen (secondary N) is 1. The SMILES string of the molecule is OBO.c1ccc2[nH]ncc2c1. The zero-order valence-electron chi connectivity index (χ0n) is 6.44. The van der Waals surface area contributed by atoms with E-state index in [4.69, 9.17) is 10.0 Å². The first kappa shape index (κ1) is 8.77. The van der Waals surface area contributed by atoms with Gasteiger partial charge in [-0.05, 0) is 6.07 Å². The third kappa shape index (κ3) is 2.08. The van der Waals surface area contributed by atoms with Crippen molar-refractivity contribution in [2.45, 2.75) is 0 Å². The van der Waals surface area contributed by atoms with Gasteiger partial charge in [-0.3, -0.25) is 5.10 Å². The average molecular weight is 164 g/mol. The van der Waals surface area contributed by atoms with Crippen LogP contribution in [0.3, 0.4) is 0 Å². The van der Waals surface area contributed by atoms with Crippen LogP contribution in [0.15, 0.2) is 30.5 Å². The molecule has 1 aromatic heterocycles. The topological polar surface area (TPSA) is 69.1 Å². The molecule has 1 heterocycles. The van der Waals surface area contributed by atoms with E-state index >= 15 is 0 Å². The van der Waals surface area contributed by atoms with Gasteiger partial charge in [0, 0.05) is 5.39 Å². The molecular formula is C7H9BN2O2. The lowest BCUT2D eigenvalue weighted by molar-refractivity contribution is 0.448. The Morgan fingerprint density at radius 2 is 1.92 bits per heavy atom. The monoisotopic (exact) mass is 164 g/mol. The van der Waals surface area contributed by atoms with Crippen molar-refractivity contribution in [3.05, 3.63) is 30.5 Å². The summed E-state index contributed by atoms with van der Waals surface area (Å²) in [5.41, 5.74) is 1.09. The molecule has 0 spiro atoms. The summed E-state index contributed by atoms with van der Waals surface area (Å²) in [5, 5.41) is 22.2. The van der Waals surface area contributed by atoms with Gasteiger partial charge in [-0.1, -0.05) is 18.2 Å². The summed E-state index contributed by atoms with van der Waals surface area (Å²) < 4.78 is 0. The summed E-state index contributed by atoms with van der Waals surface area (Å²) in [6.45, 7) is 0. The Morgan fingerprint density at radius 1 is 1.25 bits per heavy atom. The molecule has 2 rings (SSSR count). The number of nitrogens with zero attached hydrogens (tertiary/aromatic N) is 1. The predicted molar refractivity (Wildman–Crippen MR) is 47.7 cm³/mol. The molecule has 0 saturated heterocycles. The van der Waals surface area contributed by atoms with Crippen molar-refractivity contribution < 1.29 is 10.0 Å². The van der Waals surface area contributed by atoms with E-state index in [1.807, 2.05) is 30.5 Å². The van der Waals surface area contributed by atoms with Crippen molar-refractivity contribution in [1.29, 1.82) is 0 Å². The Kier molecular flexibility index (Phi) is 3.31. The van der Waals surface area contributed by atoms with Crippen LogP contribution in [0.4, 0.5) is 0 Å². The van der Waals surface area contributed by atoms with Crippen LogP contribution in [-0.4, -0.2) is 27.9 Å². The summed E-state index contributed by atoms with van der Waals surface area (Å²) in [4.78, 5) is 0. The van der Waals surface area contributed by atoms with E-state index in [1.165, 1.54) is 0 Å². The molecule has 3 N–H and O–H groups in total. The molecule has 0 aliphatic carbocycles. The second-order valence-corrected chi connectivity index (χ2v) is 2.10. The molecule has 0 aliphatic heterocycles. The van der Waals surface area contributed by atoms with Gasteiger partial charge in [-0.2, -0.15) is 5.10 Å². The van der Waals surface area contributed by atoms with Gasteiger partial charge >= 0.3 is 7.69 Å². The summed E-state index contributed by atoms with van der Waals surface area (Å²) in [7, 11) is -0.750. The number of aromatic nitrogens is 2. The summed E-state index contributed by atoms with van der Waals surface area (Å²) in [6, 6.07) is 8.01. The van der Waals surface area contributed by atoms with Crippen LogP contribution in [0.25, 0.3) is 10.9 Å². The number of rotatable bonds is 0. The summed E-state index contributed by atoms with van der Waals surface area (Å²) >= 11 is 0. The van der Waals surface area contributed by atoms with E-state index in [0.29, 0.717) is 0 Å². The van der Waals surface area contributed by atoms with E-state index < -0.39 is 7.69 Å². The van der Waals surface area contributed by atoms with Crippen LogP contribution in [-0.2, 0) is 0 Å². The Bertz CT molecular complexity index is 306. The molecule has 0 fully saturated rings. The van der Waals surface area contributed by atoms with Crippen molar-refractivity contribution in [1.82, 2.24) is 10.2 Å². The van der Waals surface area contributed by atoms with Gasteiger partial charge in [0.1, 0.15) is 0 Å². The van der Waals surface area contributed by atoms with Gasteiger partial charge in [0.2, 0.25) is 0 Å². The average Bonchev–Trinajstić information content (AvgIpc) is 2.52. The number of hydrogen-bond acceptors (Lipinski definition) is 3. The molecule has 0 radical (unpaired) electrons. The van der Waals surface area contributed by atoms with Gasteiger partial charge in [0.15, 0.2) is 0 Å². The highest BCUT2D eigenvalue weighted by Gasteiger charge is 1.88. The minimum Gasteiger partial charge on any atom is -0.430 e. The van der Waals surface area contributed by atoms with Gasteiger partial charge in [-0.25, -0.2) is 0 Å². The molecule has 0 aliphatic rings. The molecule has 1 aromatic carbocycles. The van der Waals surface area contributed by atoms with Crippen molar-refractivity contribution in [3.8, 4) is 0 Å². The summed E-state index contributed by atoms with van der Waals surface area (Å²) in [6.07, 6.45) is 1.81. The first-order valence-electron chi connectivity index (χ1n) is 3.48. The van der Waals surface area contributed by atoms with E-state index in [-0.39, 0.29) is 0 Å². The second kappa shape index (κ2) is 4.53. The molecule has 12 heavy (non-hydrogen) atoms. The lowest BCUT2D eigenvalue weighted by atomic mass is 10.3. The third-order valence-electron chi connectivity index (χ3n) is 1.35. The quantitative estimate of drug-likeness (QED) is 0.472. The number of para-hydroxylation sites is 1. The Hall–Kier alpha value is -1.33. The Balaban J connectivity index is 0.000000213. The molecule has 0 unspecified atom stereocenters. The fourth-order valence-electron chi connectivity index (χ4n) is 0.883. The normalized spacial score (nSPS) is 8.83. The van der Waals surface area contributed by atoms with Gasteiger partial charge in [-0.15, -0.1) is 0 Å². The zero-order chi connectivity index (χ0) is 8.81. The molecule has 4 nitrogen and oxygen atoms in total. The highest BCUT2D eigenvalue weighted by molar-refractivity contribution is 6.13. The number of hydrogen-bond donors (Lipinski definition) is 3. The van der Waals surface area contributed by atoms with Gasteiger partial charge in [0.05, 0.1) is 11.7 Å². The number of aromatic amines is 1. The fourth-order valence-corrected chi connectivity index (χ4v) is 0.883. The van der Waals surface area contributed by atoms with Crippen LogP contribution >= 0.6 is 0 Å². The standard InChI is InChI=1S/C7H6N2.BH3O2/c1-2-4-7-6(3-1)5-8-9-7;2-1-3/h1-5H,(H,8,9);1-3H. The molecule has 2 aromatic rings. The molecular weight excluding hydrogens is 155 g/mol. The van der Waals surface area contributed by atoms with Crippen LogP contribution in [0, 0.1) is 0 Å². The zero-order valence-corrected chi connectivity index (χ0v) is 6.44. The number of fused-ring (bicyclic) bond motifs is 1. The summed E-state index contributed by atoms with van der Waals surface area (Å²) in [5.74, 6) is 0. The van der Waals surface area contributed by atoms with E-state index in [0.717, 1.165) is 10.9 Å². The third-order valence-corrected chi connectivity index (χ3v) is 1.35. The lowest BCUT2D eigenvalue weighted by Gasteiger charge is -1.81. The van der Waals surface area contributed by atoms with E-state index in [9.17, 15) is 0 Å². The van der Waals surface area contributed by atoms with Crippen LogP contribution in [0.5, 0.6) is 0 Å². The largest absolute Gasteiger partial charge is 0.432 e. The van der Waals surface area contributed by atoms with Crippen molar-refractivity contribution >= 4 is 18.6 Å². The van der Waals surface area contributed by atoms with Gasteiger partial charge < -0.3 is 10.0 Å². The molecule has 0 atom stereocenters. The van der Waals surface area contributed by atoms with Crippen LogP contribution in [0.1, 0.15) is 0 Å². The molecule has 62 valence electrons. The smallest absolute Gasteiger partial charge is 0.430 e. The first-order chi connectivity index (χ1) is 5.88. The van der Waals surface area contributed by atoms with Crippen LogP contribution < -0.4 is 0 Å². The minimum absolute atomic E-state index is 0.750. The number of H-pyrrole nitrogens is 1. The molecule has 0 saturated carbocycles. The minimum atomic E-state index is -0.750. The Morgan fingerprint density at radius 3 is 2.58 bits per heavy atom. The molecule has 5 heteroatoms. The maximum Gasteiger partial charge on any atom is 0.432 e. The maximum atomic E-state index is 7.12.